The monoisotopic (exact) mass is 609 g/mol. The van der Waals surface area contributed by atoms with Crippen LogP contribution in [0.1, 0.15) is 43.4 Å². The van der Waals surface area contributed by atoms with Gasteiger partial charge < -0.3 is 14.2 Å². The molecule has 3 aromatic rings. The number of rotatable bonds is 11. The average molecular weight is 610 g/mol. The average Bonchev–Trinajstić information content (AvgIpc) is 3.38. The Balaban J connectivity index is 1.78. The minimum atomic E-state index is -4.76. The summed E-state index contributed by atoms with van der Waals surface area (Å²) in [5.74, 6) is -0.332. The molecule has 42 heavy (non-hydrogen) atoms. The van der Waals surface area contributed by atoms with Gasteiger partial charge in [-0.25, -0.2) is 12.8 Å². The third kappa shape index (κ3) is 6.56. The normalized spacial score (nSPS) is 15.4. The van der Waals surface area contributed by atoms with Crippen molar-refractivity contribution in [3.8, 4) is 11.6 Å². The first-order valence-electron chi connectivity index (χ1n) is 13.2. The molecule has 0 saturated carbocycles. The van der Waals surface area contributed by atoms with E-state index in [0.29, 0.717) is 30.7 Å². The van der Waals surface area contributed by atoms with Crippen molar-refractivity contribution in [2.24, 2.45) is 0 Å². The summed E-state index contributed by atoms with van der Waals surface area (Å²) < 4.78 is 102. The predicted octanol–water partition coefficient (Wildman–Crippen LogP) is 6.53. The number of aromatic nitrogens is 2. The summed E-state index contributed by atoms with van der Waals surface area (Å²) in [6.45, 7) is 7.84. The number of aryl methyl sites for hydroxylation is 1. The maximum Gasteiger partial charge on any atom is 0.417 e. The van der Waals surface area contributed by atoms with E-state index < -0.39 is 39.2 Å². The molecule has 2 heterocycles. The zero-order chi connectivity index (χ0) is 30.7. The van der Waals surface area contributed by atoms with Crippen LogP contribution in [-0.4, -0.2) is 44.6 Å². The molecule has 8 nitrogen and oxygen atoms in total. The number of methoxy groups -OCH3 is 1. The molecule has 0 fully saturated rings. The summed E-state index contributed by atoms with van der Waals surface area (Å²) in [6, 6.07) is 7.26. The summed E-state index contributed by atoms with van der Waals surface area (Å²) in [5, 5.41) is 4.23. The first-order chi connectivity index (χ1) is 19.9. The molecular formula is C29H31F4N3O5S. The fourth-order valence-electron chi connectivity index (χ4n) is 4.45. The molecule has 1 atom stereocenters. The molecule has 1 unspecified atom stereocenters. The van der Waals surface area contributed by atoms with Gasteiger partial charge in [0.05, 0.1) is 37.3 Å². The number of fused-ring (bicyclic) bond motifs is 1. The zero-order valence-corrected chi connectivity index (χ0v) is 24.1. The van der Waals surface area contributed by atoms with Gasteiger partial charge >= 0.3 is 6.18 Å². The van der Waals surface area contributed by atoms with Gasteiger partial charge in [-0.05, 0) is 50.1 Å². The summed E-state index contributed by atoms with van der Waals surface area (Å²) >= 11 is 0. The Bertz CT molecular complexity index is 1580. The minimum absolute atomic E-state index is 0.0491. The molecule has 2 aromatic carbocycles. The summed E-state index contributed by atoms with van der Waals surface area (Å²) in [7, 11) is -2.76. The van der Waals surface area contributed by atoms with Crippen molar-refractivity contribution >= 4 is 27.9 Å². The fraction of sp³-hybridized carbons (Fsp3) is 0.345. The van der Waals surface area contributed by atoms with Crippen molar-refractivity contribution < 1.29 is 40.2 Å². The highest BCUT2D eigenvalue weighted by Gasteiger charge is 2.38. The highest BCUT2D eigenvalue weighted by molar-refractivity contribution is 7.93. The van der Waals surface area contributed by atoms with E-state index in [1.54, 1.807) is 19.9 Å². The summed E-state index contributed by atoms with van der Waals surface area (Å²) in [4.78, 5) is -0.138. The lowest BCUT2D eigenvalue weighted by Crippen LogP contribution is -2.43. The van der Waals surface area contributed by atoms with Crippen LogP contribution in [0, 0.1) is 5.82 Å². The lowest BCUT2D eigenvalue weighted by molar-refractivity contribution is -0.137. The number of benzene rings is 2. The molecule has 0 saturated heterocycles. The predicted molar refractivity (Wildman–Crippen MR) is 150 cm³/mol. The van der Waals surface area contributed by atoms with E-state index in [2.05, 4.69) is 11.7 Å². The number of hydrogen-bond donors (Lipinski definition) is 0. The van der Waals surface area contributed by atoms with Gasteiger partial charge in [0.15, 0.2) is 4.90 Å². The lowest BCUT2D eigenvalue weighted by Gasteiger charge is -2.35. The Hall–Kier alpha value is -4.00. The summed E-state index contributed by atoms with van der Waals surface area (Å²) in [5.41, 5.74) is -1.26. The molecule has 0 aliphatic carbocycles. The quantitative estimate of drug-likeness (QED) is 0.140. The molecule has 0 radical (unpaired) electrons. The molecule has 0 N–H and O–H groups in total. The van der Waals surface area contributed by atoms with E-state index >= 15 is 0 Å². The Labute approximate surface area is 241 Å². The van der Waals surface area contributed by atoms with Crippen molar-refractivity contribution in [1.29, 1.82) is 0 Å². The van der Waals surface area contributed by atoms with Crippen molar-refractivity contribution in [2.75, 3.05) is 24.6 Å². The third-order valence-corrected chi connectivity index (χ3v) is 8.38. The van der Waals surface area contributed by atoms with E-state index in [-0.39, 0.29) is 35.4 Å². The van der Waals surface area contributed by atoms with Crippen molar-refractivity contribution in [3.63, 3.8) is 0 Å². The first-order valence-corrected chi connectivity index (χ1v) is 14.6. The molecule has 0 amide bonds. The lowest BCUT2D eigenvalue weighted by atomic mass is 10.0. The van der Waals surface area contributed by atoms with Gasteiger partial charge in [-0.3, -0.25) is 8.99 Å². The van der Waals surface area contributed by atoms with Crippen LogP contribution in [0.15, 0.2) is 59.8 Å². The number of hydrogen-bond acceptors (Lipinski definition) is 6. The summed E-state index contributed by atoms with van der Waals surface area (Å²) in [6.07, 6.45) is -0.815. The molecule has 226 valence electrons. The molecule has 0 bridgehead atoms. The van der Waals surface area contributed by atoms with Gasteiger partial charge in [0, 0.05) is 24.7 Å². The van der Waals surface area contributed by atoms with E-state index in [1.807, 2.05) is 0 Å². The smallest absolute Gasteiger partial charge is 0.417 e. The Kier molecular flexibility index (Phi) is 9.19. The van der Waals surface area contributed by atoms with E-state index in [9.17, 15) is 26.0 Å². The largest absolute Gasteiger partial charge is 0.502 e. The Morgan fingerprint density at radius 3 is 2.64 bits per heavy atom. The molecule has 13 heteroatoms. The number of anilines is 1. The van der Waals surface area contributed by atoms with E-state index in [1.165, 1.54) is 40.5 Å². The van der Waals surface area contributed by atoms with Crippen LogP contribution >= 0.6 is 0 Å². The standard InChI is InChI=1S/C29H31F4N3O5S/c1-5-35-18-27(28(34-35)40-6-2)42(37,38)36-17-21(13-10-19(3)39-4)41-26-15-12-20(16-25(26)36)11-14-22-23(29(31,32)33)8-7-9-24(22)30/h7-9,11-12,14-16,18,21H,3,5-6,10,13,17H2,1-2,4H3. The van der Waals surface area contributed by atoms with Gasteiger partial charge in [0.1, 0.15) is 17.7 Å². The number of allylic oxidation sites excluding steroid dienone is 1. The van der Waals surface area contributed by atoms with Crippen LogP contribution < -0.4 is 13.8 Å². The van der Waals surface area contributed by atoms with Gasteiger partial charge in [-0.2, -0.15) is 13.2 Å². The SMILES string of the molecule is C=C(CCC1CN(S(=O)(=O)c2cn(CC)nc2OCC)c2cc(C=Cc3c(F)cccc3C(F)(F)F)ccc2O1)OC. The molecule has 0 spiro atoms. The zero-order valence-electron chi connectivity index (χ0n) is 23.3. The molecule has 1 aromatic heterocycles. The van der Waals surface area contributed by atoms with Crippen molar-refractivity contribution in [3.05, 3.63) is 77.4 Å². The number of halogens is 4. The van der Waals surface area contributed by atoms with Gasteiger partial charge in [-0.15, -0.1) is 5.10 Å². The van der Waals surface area contributed by atoms with Crippen LogP contribution in [0.2, 0.25) is 0 Å². The number of alkyl halides is 3. The topological polar surface area (TPSA) is 82.9 Å². The van der Waals surface area contributed by atoms with E-state index in [4.69, 9.17) is 14.2 Å². The maximum absolute atomic E-state index is 14.4. The van der Waals surface area contributed by atoms with Gasteiger partial charge in [0.25, 0.3) is 15.9 Å². The Morgan fingerprint density at radius 1 is 1.21 bits per heavy atom. The maximum atomic E-state index is 14.4. The van der Waals surface area contributed by atoms with E-state index in [0.717, 1.165) is 24.3 Å². The van der Waals surface area contributed by atoms with Gasteiger partial charge in [-0.1, -0.05) is 30.9 Å². The second kappa shape index (κ2) is 12.5. The minimum Gasteiger partial charge on any atom is -0.502 e. The highest BCUT2D eigenvalue weighted by Crippen LogP contribution is 2.41. The molecule has 4 rings (SSSR count). The van der Waals surface area contributed by atoms with Gasteiger partial charge in [0.2, 0.25) is 0 Å². The second-order valence-electron chi connectivity index (χ2n) is 9.40. The molecule has 1 aliphatic rings. The Morgan fingerprint density at radius 2 is 1.98 bits per heavy atom. The number of nitrogens with zero attached hydrogens (tertiary/aromatic N) is 3. The third-order valence-electron chi connectivity index (χ3n) is 6.62. The number of ether oxygens (including phenoxy) is 3. The van der Waals surface area contributed by atoms with Crippen molar-refractivity contribution in [1.82, 2.24) is 9.78 Å². The first kappa shape index (κ1) is 30.9. The molecular weight excluding hydrogens is 578 g/mol. The highest BCUT2D eigenvalue weighted by atomic mass is 32.2. The number of sulfonamides is 1. The van der Waals surface area contributed by atoms with Crippen molar-refractivity contribution in [2.45, 2.75) is 50.4 Å². The van der Waals surface area contributed by atoms with Crippen LogP contribution in [-0.2, 0) is 27.5 Å². The second-order valence-corrected chi connectivity index (χ2v) is 11.2. The van der Waals surface area contributed by atoms with Crippen LogP contribution in [0.25, 0.3) is 12.2 Å². The van der Waals surface area contributed by atoms with Crippen LogP contribution in [0.5, 0.6) is 11.6 Å². The van der Waals surface area contributed by atoms with Crippen LogP contribution in [0.3, 0.4) is 0 Å². The molecule has 1 aliphatic heterocycles. The van der Waals surface area contributed by atoms with Crippen LogP contribution in [0.4, 0.5) is 23.2 Å². The fourth-order valence-corrected chi connectivity index (χ4v) is 6.02.